The van der Waals surface area contributed by atoms with Gasteiger partial charge >= 0.3 is 0 Å². The van der Waals surface area contributed by atoms with Gasteiger partial charge in [0, 0.05) is 38.2 Å². The first-order valence-corrected chi connectivity index (χ1v) is 9.84. The first-order valence-electron chi connectivity index (χ1n) is 9.84. The average Bonchev–Trinajstić information content (AvgIpc) is 3.29. The lowest BCUT2D eigenvalue weighted by molar-refractivity contribution is 0.325. The Balaban J connectivity index is 1.47. The van der Waals surface area contributed by atoms with E-state index >= 15 is 0 Å². The third-order valence-corrected chi connectivity index (χ3v) is 5.82. The maximum atomic E-state index is 14.7. The van der Waals surface area contributed by atoms with Crippen LogP contribution >= 0.6 is 0 Å². The fraction of sp³-hybridized carbons (Fsp3) is 0.524. The zero-order valence-corrected chi connectivity index (χ0v) is 16.1. The Bertz CT molecular complexity index is 888. The Labute approximate surface area is 159 Å². The fourth-order valence-electron chi connectivity index (χ4n) is 4.35. The van der Waals surface area contributed by atoms with Gasteiger partial charge in [-0.2, -0.15) is 0 Å². The number of halogens is 1. The summed E-state index contributed by atoms with van der Waals surface area (Å²) in [5, 5.41) is 0. The number of aryl methyl sites for hydroxylation is 2. The number of rotatable bonds is 4. The van der Waals surface area contributed by atoms with Crippen LogP contribution in [0, 0.1) is 19.7 Å². The Morgan fingerprint density at radius 1 is 1.19 bits per heavy atom. The third kappa shape index (κ3) is 3.90. The number of nitrogens with zero attached hydrogens (tertiary/aromatic N) is 3. The van der Waals surface area contributed by atoms with Gasteiger partial charge in [0.05, 0.1) is 11.4 Å². The molecule has 2 saturated heterocycles. The summed E-state index contributed by atoms with van der Waals surface area (Å²) in [6, 6.07) is 5.33. The summed E-state index contributed by atoms with van der Waals surface area (Å²) in [6.07, 6.45) is 3.26. The number of hydrogen-bond acceptors (Lipinski definition) is 4. The molecule has 2 fully saturated rings. The van der Waals surface area contributed by atoms with Gasteiger partial charge in [-0.1, -0.05) is 0 Å². The molecule has 0 radical (unpaired) electrons. The number of aromatic amines is 1. The van der Waals surface area contributed by atoms with E-state index in [1.807, 2.05) is 13.0 Å². The fourth-order valence-corrected chi connectivity index (χ4v) is 4.35. The maximum absolute atomic E-state index is 14.7. The molecule has 1 N–H and O–H groups in total. The highest BCUT2D eigenvalue weighted by Gasteiger charge is 2.26. The normalized spacial score (nSPS) is 20.6. The minimum absolute atomic E-state index is 0.0913. The summed E-state index contributed by atoms with van der Waals surface area (Å²) in [5.74, 6) is 0.812. The summed E-state index contributed by atoms with van der Waals surface area (Å²) < 4.78 is 14.7. The van der Waals surface area contributed by atoms with Gasteiger partial charge in [0.25, 0.3) is 5.56 Å². The van der Waals surface area contributed by atoms with Crippen molar-refractivity contribution in [2.75, 3.05) is 31.1 Å². The van der Waals surface area contributed by atoms with E-state index < -0.39 is 0 Å². The molecule has 0 spiro atoms. The lowest BCUT2D eigenvalue weighted by atomic mass is 10.0. The predicted molar refractivity (Wildman–Crippen MR) is 105 cm³/mol. The highest BCUT2D eigenvalue weighted by molar-refractivity contribution is 5.52. The predicted octanol–water partition coefficient (Wildman–Crippen LogP) is 3.12. The van der Waals surface area contributed by atoms with Gasteiger partial charge in [-0.15, -0.1) is 0 Å². The average molecular weight is 370 g/mol. The van der Waals surface area contributed by atoms with E-state index in [4.69, 9.17) is 0 Å². The van der Waals surface area contributed by atoms with Crippen molar-refractivity contribution in [2.45, 2.75) is 45.6 Å². The van der Waals surface area contributed by atoms with E-state index in [1.165, 1.54) is 0 Å². The van der Waals surface area contributed by atoms with Crippen LogP contribution in [0.25, 0.3) is 0 Å². The molecule has 6 heteroatoms. The summed E-state index contributed by atoms with van der Waals surface area (Å²) in [4.78, 5) is 23.4. The summed E-state index contributed by atoms with van der Waals surface area (Å²) in [7, 11) is 0. The van der Waals surface area contributed by atoms with E-state index in [-0.39, 0.29) is 17.3 Å². The van der Waals surface area contributed by atoms with Crippen LogP contribution in [-0.4, -0.2) is 41.0 Å². The van der Waals surface area contributed by atoms with Crippen LogP contribution in [0.3, 0.4) is 0 Å². The molecule has 27 heavy (non-hydrogen) atoms. The van der Waals surface area contributed by atoms with Crippen molar-refractivity contribution in [1.82, 2.24) is 14.9 Å². The molecule has 0 saturated carbocycles. The van der Waals surface area contributed by atoms with E-state index in [2.05, 4.69) is 26.7 Å². The smallest absolute Gasteiger partial charge is 0.251 e. The molecule has 1 aromatic carbocycles. The molecule has 2 aromatic rings. The van der Waals surface area contributed by atoms with Crippen molar-refractivity contribution in [3.8, 4) is 0 Å². The topological polar surface area (TPSA) is 52.2 Å². The molecule has 2 aliphatic heterocycles. The van der Waals surface area contributed by atoms with Crippen LogP contribution in [0.15, 0.2) is 23.0 Å². The van der Waals surface area contributed by atoms with Gasteiger partial charge in [0.15, 0.2) is 0 Å². The zero-order valence-electron chi connectivity index (χ0n) is 16.1. The second-order valence-electron chi connectivity index (χ2n) is 7.90. The molecule has 0 amide bonds. The van der Waals surface area contributed by atoms with Crippen LogP contribution < -0.4 is 10.5 Å². The number of nitrogens with one attached hydrogen (secondary N) is 1. The Morgan fingerprint density at radius 2 is 1.96 bits per heavy atom. The second-order valence-corrected chi connectivity index (χ2v) is 7.90. The maximum Gasteiger partial charge on any atom is 0.251 e. The molecular weight excluding hydrogens is 343 g/mol. The van der Waals surface area contributed by atoms with Crippen LogP contribution in [0.2, 0.25) is 0 Å². The molecule has 3 heterocycles. The van der Waals surface area contributed by atoms with Gasteiger partial charge in [0.1, 0.15) is 11.6 Å². The van der Waals surface area contributed by atoms with Crippen molar-refractivity contribution in [3.05, 3.63) is 57.0 Å². The van der Waals surface area contributed by atoms with Crippen LogP contribution in [0.5, 0.6) is 0 Å². The van der Waals surface area contributed by atoms with E-state index in [1.54, 1.807) is 12.1 Å². The van der Waals surface area contributed by atoms with Crippen molar-refractivity contribution < 1.29 is 4.39 Å². The Kier molecular flexibility index (Phi) is 5.00. The lowest BCUT2D eigenvalue weighted by Crippen LogP contribution is -2.22. The standard InChI is InChI=1S/C21H27FN4O/c1-14-9-20(26-6-3-4-7-26)18(22)10-17(14)13-25-8-5-16(12-25)19-11-21(27)24-15(2)23-19/h9-11,16H,3-8,12-13H2,1-2H3,(H,23,24,27)/t16-/m0/s1. The quantitative estimate of drug-likeness (QED) is 0.899. The van der Waals surface area contributed by atoms with Crippen LogP contribution in [0.1, 0.15) is 47.8 Å². The van der Waals surface area contributed by atoms with Gasteiger partial charge in [-0.3, -0.25) is 9.69 Å². The van der Waals surface area contributed by atoms with E-state index in [9.17, 15) is 9.18 Å². The van der Waals surface area contributed by atoms with E-state index in [0.29, 0.717) is 5.82 Å². The highest BCUT2D eigenvalue weighted by Crippen LogP contribution is 2.30. The van der Waals surface area contributed by atoms with Crippen LogP contribution in [0.4, 0.5) is 10.1 Å². The highest BCUT2D eigenvalue weighted by atomic mass is 19.1. The SMILES string of the molecule is Cc1nc([C@H]2CCN(Cc3cc(F)c(N4CCCC4)cc3C)C2)cc(=O)[nH]1. The molecule has 1 aromatic heterocycles. The first kappa shape index (κ1) is 18.2. The lowest BCUT2D eigenvalue weighted by Gasteiger charge is -2.22. The summed E-state index contributed by atoms with van der Waals surface area (Å²) in [5.41, 5.74) is 3.71. The van der Waals surface area contributed by atoms with Gasteiger partial charge in [-0.25, -0.2) is 9.37 Å². The van der Waals surface area contributed by atoms with Gasteiger partial charge < -0.3 is 9.88 Å². The minimum Gasteiger partial charge on any atom is -0.369 e. The molecule has 144 valence electrons. The molecule has 0 unspecified atom stereocenters. The van der Waals surface area contributed by atoms with Crippen molar-refractivity contribution in [1.29, 1.82) is 0 Å². The molecule has 1 atom stereocenters. The molecule has 2 aliphatic rings. The van der Waals surface area contributed by atoms with Crippen molar-refractivity contribution in [3.63, 3.8) is 0 Å². The molecule has 5 nitrogen and oxygen atoms in total. The van der Waals surface area contributed by atoms with Crippen molar-refractivity contribution >= 4 is 5.69 Å². The molecular formula is C21H27FN4O. The number of anilines is 1. The Morgan fingerprint density at radius 3 is 2.70 bits per heavy atom. The van der Waals surface area contributed by atoms with Crippen molar-refractivity contribution in [2.24, 2.45) is 0 Å². The molecule has 0 bridgehead atoms. The third-order valence-electron chi connectivity index (χ3n) is 5.82. The van der Waals surface area contributed by atoms with Crippen LogP contribution in [-0.2, 0) is 6.54 Å². The van der Waals surface area contributed by atoms with Gasteiger partial charge in [0.2, 0.25) is 0 Å². The molecule has 0 aliphatic carbocycles. The monoisotopic (exact) mass is 370 g/mol. The Hall–Kier alpha value is -2.21. The molecule has 4 rings (SSSR count). The number of likely N-dealkylation sites (tertiary alicyclic amines) is 1. The number of hydrogen-bond donors (Lipinski definition) is 1. The van der Waals surface area contributed by atoms with E-state index in [0.717, 1.165) is 74.5 Å². The largest absolute Gasteiger partial charge is 0.369 e. The minimum atomic E-state index is -0.111. The first-order chi connectivity index (χ1) is 13.0. The van der Waals surface area contributed by atoms with Gasteiger partial charge in [-0.05, 0) is 62.9 Å². The number of aromatic nitrogens is 2. The number of H-pyrrole nitrogens is 1. The summed E-state index contributed by atoms with van der Waals surface area (Å²) >= 11 is 0. The second kappa shape index (κ2) is 7.43. The zero-order chi connectivity index (χ0) is 19.0. The summed E-state index contributed by atoms with van der Waals surface area (Å²) in [6.45, 7) is 8.31. The number of benzene rings is 1.